The van der Waals surface area contributed by atoms with Crippen molar-refractivity contribution in [2.24, 2.45) is 0 Å². The van der Waals surface area contributed by atoms with Gasteiger partial charge in [-0.2, -0.15) is 0 Å². The first-order valence-corrected chi connectivity index (χ1v) is 9.88. The quantitative estimate of drug-likeness (QED) is 0.567. The summed E-state index contributed by atoms with van der Waals surface area (Å²) in [7, 11) is 1.61. The van der Waals surface area contributed by atoms with E-state index in [1.807, 2.05) is 30.9 Å². The summed E-state index contributed by atoms with van der Waals surface area (Å²) >= 11 is 6.24. The standard InChI is InChI=1S/C19H30ClN5O3/c1-14(2)22-19(27)25-9-7-24(8-10-25)15-4-5-16(20)17(12-15)23-18(26)13-21-6-11-28-3/h4-5,12,14,21H,6-11,13H2,1-3H3,(H,22,27)(H,23,26). The van der Waals surface area contributed by atoms with Crippen LogP contribution in [0.15, 0.2) is 18.2 Å². The van der Waals surface area contributed by atoms with Crippen molar-refractivity contribution in [3.63, 3.8) is 0 Å². The molecule has 0 aliphatic carbocycles. The third kappa shape index (κ3) is 6.85. The first kappa shape index (κ1) is 22.3. The summed E-state index contributed by atoms with van der Waals surface area (Å²) < 4.78 is 4.94. The highest BCUT2D eigenvalue weighted by molar-refractivity contribution is 6.33. The van der Waals surface area contributed by atoms with Crippen molar-refractivity contribution in [1.29, 1.82) is 0 Å². The largest absolute Gasteiger partial charge is 0.383 e. The van der Waals surface area contributed by atoms with Gasteiger partial charge in [0.2, 0.25) is 5.91 Å². The van der Waals surface area contributed by atoms with E-state index in [0.717, 1.165) is 18.8 Å². The second-order valence-electron chi connectivity index (χ2n) is 6.96. The van der Waals surface area contributed by atoms with E-state index in [1.165, 1.54) is 0 Å². The van der Waals surface area contributed by atoms with Crippen molar-refractivity contribution in [3.05, 3.63) is 23.2 Å². The zero-order valence-corrected chi connectivity index (χ0v) is 17.5. The molecule has 0 saturated carbocycles. The fourth-order valence-electron chi connectivity index (χ4n) is 2.88. The van der Waals surface area contributed by atoms with E-state index in [2.05, 4.69) is 20.9 Å². The van der Waals surface area contributed by atoms with Gasteiger partial charge in [0, 0.05) is 51.6 Å². The van der Waals surface area contributed by atoms with Crippen molar-refractivity contribution < 1.29 is 14.3 Å². The number of nitrogens with one attached hydrogen (secondary N) is 3. The molecule has 8 nitrogen and oxygen atoms in total. The second-order valence-corrected chi connectivity index (χ2v) is 7.37. The van der Waals surface area contributed by atoms with E-state index >= 15 is 0 Å². The van der Waals surface area contributed by atoms with Gasteiger partial charge in [-0.05, 0) is 32.0 Å². The van der Waals surface area contributed by atoms with Gasteiger partial charge in [-0.3, -0.25) is 4.79 Å². The number of nitrogens with zero attached hydrogens (tertiary/aromatic N) is 2. The molecular weight excluding hydrogens is 382 g/mol. The molecule has 9 heteroatoms. The van der Waals surface area contributed by atoms with Crippen LogP contribution in [0.3, 0.4) is 0 Å². The summed E-state index contributed by atoms with van der Waals surface area (Å²) in [5.41, 5.74) is 1.55. The molecule has 0 spiro atoms. The number of benzene rings is 1. The van der Waals surface area contributed by atoms with Crippen LogP contribution in [0.5, 0.6) is 0 Å². The van der Waals surface area contributed by atoms with E-state index in [9.17, 15) is 9.59 Å². The van der Waals surface area contributed by atoms with Gasteiger partial charge in [-0.15, -0.1) is 0 Å². The van der Waals surface area contributed by atoms with Crippen LogP contribution < -0.4 is 20.9 Å². The van der Waals surface area contributed by atoms with Gasteiger partial charge in [0.1, 0.15) is 0 Å². The Balaban J connectivity index is 1.90. The summed E-state index contributed by atoms with van der Waals surface area (Å²) in [4.78, 5) is 28.2. The maximum Gasteiger partial charge on any atom is 0.317 e. The lowest BCUT2D eigenvalue weighted by atomic mass is 10.2. The predicted molar refractivity (Wildman–Crippen MR) is 112 cm³/mol. The molecular formula is C19H30ClN5O3. The average Bonchev–Trinajstić information content (AvgIpc) is 2.66. The fourth-order valence-corrected chi connectivity index (χ4v) is 3.05. The van der Waals surface area contributed by atoms with Gasteiger partial charge in [0.15, 0.2) is 0 Å². The number of ether oxygens (including phenoxy) is 1. The van der Waals surface area contributed by atoms with Crippen molar-refractivity contribution in [3.8, 4) is 0 Å². The highest BCUT2D eigenvalue weighted by Crippen LogP contribution is 2.28. The summed E-state index contributed by atoms with van der Waals surface area (Å²) in [5, 5.41) is 9.25. The molecule has 0 bridgehead atoms. The molecule has 0 aromatic heterocycles. The Morgan fingerprint density at radius 1 is 1.21 bits per heavy atom. The van der Waals surface area contributed by atoms with E-state index < -0.39 is 0 Å². The average molecular weight is 412 g/mol. The summed E-state index contributed by atoms with van der Waals surface area (Å²) in [6.45, 7) is 7.97. The fraction of sp³-hybridized carbons (Fsp3) is 0.579. The van der Waals surface area contributed by atoms with Gasteiger partial charge < -0.3 is 30.5 Å². The number of halogens is 1. The first-order chi connectivity index (χ1) is 13.4. The lowest BCUT2D eigenvalue weighted by molar-refractivity contribution is -0.115. The maximum absolute atomic E-state index is 12.1. The third-order valence-corrected chi connectivity index (χ3v) is 4.67. The van der Waals surface area contributed by atoms with Crippen LogP contribution in [0.25, 0.3) is 0 Å². The molecule has 3 amide bonds. The SMILES string of the molecule is COCCNCC(=O)Nc1cc(N2CCN(C(=O)NC(C)C)CC2)ccc1Cl. The van der Waals surface area contributed by atoms with Gasteiger partial charge in [-0.25, -0.2) is 4.79 Å². The van der Waals surface area contributed by atoms with Crippen molar-refractivity contribution >= 4 is 34.9 Å². The summed E-state index contributed by atoms with van der Waals surface area (Å²) in [6, 6.07) is 5.68. The molecule has 0 radical (unpaired) electrons. The zero-order chi connectivity index (χ0) is 20.5. The number of methoxy groups -OCH3 is 1. The number of hydrogen-bond donors (Lipinski definition) is 3. The Kier molecular flexibility index (Phi) is 8.82. The number of carbonyl (C=O) groups is 2. The molecule has 1 aliphatic heterocycles. The molecule has 0 atom stereocenters. The highest BCUT2D eigenvalue weighted by atomic mass is 35.5. The van der Waals surface area contributed by atoms with Gasteiger partial charge >= 0.3 is 6.03 Å². The van der Waals surface area contributed by atoms with Crippen LogP contribution in [0.2, 0.25) is 5.02 Å². The van der Waals surface area contributed by atoms with Crippen LogP contribution in [-0.4, -0.2) is 75.9 Å². The third-order valence-electron chi connectivity index (χ3n) is 4.34. The number of hydrogen-bond acceptors (Lipinski definition) is 5. The molecule has 2 rings (SSSR count). The Hall–Kier alpha value is -2.03. The topological polar surface area (TPSA) is 85.9 Å². The minimum atomic E-state index is -0.162. The minimum Gasteiger partial charge on any atom is -0.383 e. The predicted octanol–water partition coefficient (Wildman–Crippen LogP) is 1.75. The maximum atomic E-state index is 12.1. The van der Waals surface area contributed by atoms with Gasteiger partial charge in [0.25, 0.3) is 0 Å². The van der Waals surface area contributed by atoms with Crippen molar-refractivity contribution in [2.45, 2.75) is 19.9 Å². The van der Waals surface area contributed by atoms with E-state index in [1.54, 1.807) is 13.2 Å². The number of urea groups is 1. The lowest BCUT2D eigenvalue weighted by Gasteiger charge is -2.36. The van der Waals surface area contributed by atoms with Crippen LogP contribution in [0.4, 0.5) is 16.2 Å². The normalized spacial score (nSPS) is 14.3. The van der Waals surface area contributed by atoms with Crippen LogP contribution in [0.1, 0.15) is 13.8 Å². The van der Waals surface area contributed by atoms with Crippen molar-refractivity contribution in [1.82, 2.24) is 15.5 Å². The molecule has 0 unspecified atom stereocenters. The smallest absolute Gasteiger partial charge is 0.317 e. The highest BCUT2D eigenvalue weighted by Gasteiger charge is 2.22. The number of carbonyl (C=O) groups excluding carboxylic acids is 2. The second kappa shape index (κ2) is 11.1. The molecule has 1 aromatic rings. The Labute approximate surface area is 171 Å². The minimum absolute atomic E-state index is 0.0281. The van der Waals surface area contributed by atoms with E-state index in [-0.39, 0.29) is 24.5 Å². The molecule has 156 valence electrons. The molecule has 1 heterocycles. The van der Waals surface area contributed by atoms with E-state index in [0.29, 0.717) is 37.0 Å². The summed E-state index contributed by atoms with van der Waals surface area (Å²) in [5.74, 6) is -0.162. The molecule has 1 saturated heterocycles. The van der Waals surface area contributed by atoms with Gasteiger partial charge in [0.05, 0.1) is 23.9 Å². The molecule has 1 aromatic carbocycles. The number of piperazine rings is 1. The molecule has 1 fully saturated rings. The van der Waals surface area contributed by atoms with Crippen LogP contribution in [-0.2, 0) is 9.53 Å². The molecule has 3 N–H and O–H groups in total. The molecule has 28 heavy (non-hydrogen) atoms. The zero-order valence-electron chi connectivity index (χ0n) is 16.8. The van der Waals surface area contributed by atoms with Crippen molar-refractivity contribution in [2.75, 3.05) is 63.2 Å². The lowest BCUT2D eigenvalue weighted by Crippen LogP contribution is -2.52. The Bertz CT molecular complexity index is 663. The monoisotopic (exact) mass is 411 g/mol. The van der Waals surface area contributed by atoms with Gasteiger partial charge in [-0.1, -0.05) is 11.6 Å². The molecule has 1 aliphatic rings. The Morgan fingerprint density at radius 3 is 2.57 bits per heavy atom. The summed E-state index contributed by atoms with van der Waals surface area (Å²) in [6.07, 6.45) is 0. The van der Waals surface area contributed by atoms with E-state index in [4.69, 9.17) is 16.3 Å². The first-order valence-electron chi connectivity index (χ1n) is 9.50. The number of anilines is 2. The van der Waals surface area contributed by atoms with Crippen LogP contribution in [0, 0.1) is 0 Å². The number of amides is 3. The number of rotatable bonds is 8. The Morgan fingerprint density at radius 2 is 1.93 bits per heavy atom. The van der Waals surface area contributed by atoms with Crippen LogP contribution >= 0.6 is 11.6 Å².